The van der Waals surface area contributed by atoms with Crippen LogP contribution in [0.5, 0.6) is 11.5 Å². The standard InChI is InChI=1S/C41H41N5O7/c47-28-29-9-11-30(12-10-29)39-26-38(27-44-21-23-45(24-22-44)34-15-17-35(18-16-34)46(49)50)52-40(53-39)31-5-4-6-33(25-31)43-41(48)42-32-13-19-37(20-14-32)51-36-7-2-1-3-8-36/h1-20,25,38-40,47H,21-24,26-28H2,(H2,42,43,48)/t38-,39+,40+/m0/s1. The summed E-state index contributed by atoms with van der Waals surface area (Å²) < 4.78 is 19.0. The van der Waals surface area contributed by atoms with Gasteiger partial charge < -0.3 is 34.9 Å². The molecule has 0 aromatic heterocycles. The van der Waals surface area contributed by atoms with Crippen LogP contribution in [-0.2, 0) is 16.1 Å². The molecule has 0 spiro atoms. The van der Waals surface area contributed by atoms with E-state index in [9.17, 15) is 20.0 Å². The van der Waals surface area contributed by atoms with Gasteiger partial charge in [-0.05, 0) is 71.8 Å². The number of piperazine rings is 1. The van der Waals surface area contributed by atoms with E-state index in [1.54, 1.807) is 48.5 Å². The number of ether oxygens (including phenoxy) is 3. The molecule has 2 aliphatic rings. The van der Waals surface area contributed by atoms with Crippen LogP contribution in [0.25, 0.3) is 0 Å². The monoisotopic (exact) mass is 715 g/mol. The fraction of sp³-hybridized carbons (Fsp3) is 0.244. The Morgan fingerprint density at radius 3 is 2.17 bits per heavy atom. The van der Waals surface area contributed by atoms with Gasteiger partial charge in [-0.1, -0.05) is 54.6 Å². The van der Waals surface area contributed by atoms with Gasteiger partial charge in [-0.15, -0.1) is 0 Å². The second-order valence-electron chi connectivity index (χ2n) is 13.1. The number of non-ortho nitro benzene ring substituents is 1. The molecule has 2 aliphatic heterocycles. The molecular weight excluding hydrogens is 674 g/mol. The zero-order valence-electron chi connectivity index (χ0n) is 29.0. The normalized spacial score (nSPS) is 19.0. The Morgan fingerprint density at radius 2 is 1.47 bits per heavy atom. The van der Waals surface area contributed by atoms with Crippen molar-refractivity contribution >= 4 is 28.8 Å². The van der Waals surface area contributed by atoms with Gasteiger partial charge in [0, 0.05) is 73.9 Å². The number of nitrogens with zero attached hydrogens (tertiary/aromatic N) is 3. The molecule has 5 aromatic carbocycles. The Kier molecular flexibility index (Phi) is 11.2. The van der Waals surface area contributed by atoms with E-state index in [0.29, 0.717) is 30.1 Å². The largest absolute Gasteiger partial charge is 0.457 e. The summed E-state index contributed by atoms with van der Waals surface area (Å²) in [7, 11) is 0. The molecule has 3 N–H and O–H groups in total. The predicted octanol–water partition coefficient (Wildman–Crippen LogP) is 7.89. The summed E-state index contributed by atoms with van der Waals surface area (Å²) in [5.74, 6) is 1.39. The average molecular weight is 716 g/mol. The summed E-state index contributed by atoms with van der Waals surface area (Å²) in [4.78, 5) is 28.3. The predicted molar refractivity (Wildman–Crippen MR) is 202 cm³/mol. The molecule has 0 unspecified atom stereocenters. The van der Waals surface area contributed by atoms with Crippen LogP contribution >= 0.6 is 0 Å². The summed E-state index contributed by atoms with van der Waals surface area (Å²) in [5.41, 5.74) is 4.85. The molecule has 12 nitrogen and oxygen atoms in total. The molecule has 2 fully saturated rings. The fourth-order valence-corrected chi connectivity index (χ4v) is 6.58. The first-order valence-electron chi connectivity index (χ1n) is 17.6. The van der Waals surface area contributed by atoms with Gasteiger partial charge in [0.15, 0.2) is 6.29 Å². The number of urea groups is 1. The number of carbonyl (C=O) groups excluding carboxylic acids is 1. The van der Waals surface area contributed by atoms with Crippen molar-refractivity contribution in [1.82, 2.24) is 4.90 Å². The molecule has 272 valence electrons. The maximum Gasteiger partial charge on any atom is 0.323 e. The lowest BCUT2D eigenvalue weighted by Gasteiger charge is -2.41. The highest BCUT2D eigenvalue weighted by Crippen LogP contribution is 2.39. The third kappa shape index (κ3) is 9.36. The molecule has 7 rings (SSSR count). The van der Waals surface area contributed by atoms with Gasteiger partial charge in [0.1, 0.15) is 11.5 Å². The van der Waals surface area contributed by atoms with Crippen molar-refractivity contribution in [2.24, 2.45) is 0 Å². The van der Waals surface area contributed by atoms with Crippen LogP contribution in [0.4, 0.5) is 27.5 Å². The molecule has 0 bridgehead atoms. The molecular formula is C41H41N5O7. The van der Waals surface area contributed by atoms with Crippen molar-refractivity contribution in [2.45, 2.75) is 31.5 Å². The van der Waals surface area contributed by atoms with Crippen molar-refractivity contribution in [1.29, 1.82) is 0 Å². The van der Waals surface area contributed by atoms with Gasteiger partial charge in [0.2, 0.25) is 0 Å². The number of nitro groups is 1. The Labute approximate surface area is 307 Å². The molecule has 12 heteroatoms. The van der Waals surface area contributed by atoms with Crippen LogP contribution in [-0.4, -0.2) is 59.8 Å². The second-order valence-corrected chi connectivity index (χ2v) is 13.1. The number of aliphatic hydroxyl groups excluding tert-OH is 1. The van der Waals surface area contributed by atoms with Gasteiger partial charge in [0.05, 0.1) is 23.7 Å². The first-order valence-corrected chi connectivity index (χ1v) is 17.6. The van der Waals surface area contributed by atoms with Crippen molar-refractivity contribution in [3.05, 3.63) is 154 Å². The number of nitrogens with one attached hydrogen (secondary N) is 2. The summed E-state index contributed by atoms with van der Waals surface area (Å²) in [5, 5.41) is 26.5. The molecule has 2 saturated heterocycles. The Bertz CT molecular complexity index is 1970. The van der Waals surface area contributed by atoms with Crippen molar-refractivity contribution < 1.29 is 29.0 Å². The van der Waals surface area contributed by atoms with Gasteiger partial charge in [0.25, 0.3) is 5.69 Å². The SMILES string of the molecule is O=C(Nc1ccc(Oc2ccccc2)cc1)Nc1cccc([C@@H]2O[C@H](CN3CCN(c4ccc([N+](=O)[O-])cc4)CC3)C[C@H](c3ccc(CO)cc3)O2)c1. The summed E-state index contributed by atoms with van der Waals surface area (Å²) in [6.45, 7) is 3.88. The topological polar surface area (TPSA) is 139 Å². The number of hydrogen-bond acceptors (Lipinski definition) is 9. The number of hydrogen-bond donors (Lipinski definition) is 3. The highest BCUT2D eigenvalue weighted by Gasteiger charge is 2.34. The van der Waals surface area contributed by atoms with Crippen LogP contribution in [0.1, 0.15) is 35.5 Å². The number of rotatable bonds is 11. The van der Waals surface area contributed by atoms with E-state index in [4.69, 9.17) is 14.2 Å². The number of carbonyl (C=O) groups is 1. The smallest absolute Gasteiger partial charge is 0.323 e. The number of amides is 2. The molecule has 5 aromatic rings. The van der Waals surface area contributed by atoms with Crippen LogP contribution in [0.15, 0.2) is 127 Å². The number of aliphatic hydroxyl groups is 1. The Hall–Kier alpha value is -5.79. The average Bonchev–Trinajstić information content (AvgIpc) is 3.19. The van der Waals surface area contributed by atoms with Crippen LogP contribution < -0.4 is 20.3 Å². The lowest BCUT2D eigenvalue weighted by atomic mass is 9.99. The maximum absolute atomic E-state index is 13.0. The van der Waals surface area contributed by atoms with E-state index in [2.05, 4.69) is 20.4 Å². The van der Waals surface area contributed by atoms with E-state index >= 15 is 0 Å². The van der Waals surface area contributed by atoms with Gasteiger partial charge in [-0.3, -0.25) is 15.0 Å². The van der Waals surface area contributed by atoms with Gasteiger partial charge in [-0.2, -0.15) is 0 Å². The molecule has 2 heterocycles. The maximum atomic E-state index is 13.0. The number of nitro benzene ring substituents is 1. The quantitative estimate of drug-likeness (QED) is 0.0921. The minimum absolute atomic E-state index is 0.0344. The number of anilines is 3. The third-order valence-electron chi connectivity index (χ3n) is 9.38. The summed E-state index contributed by atoms with van der Waals surface area (Å²) >= 11 is 0. The van der Waals surface area contributed by atoms with Crippen molar-refractivity contribution in [3.63, 3.8) is 0 Å². The van der Waals surface area contributed by atoms with E-state index in [1.165, 1.54) is 0 Å². The lowest BCUT2D eigenvalue weighted by Crippen LogP contribution is -2.49. The molecule has 53 heavy (non-hydrogen) atoms. The van der Waals surface area contributed by atoms with E-state index in [0.717, 1.165) is 54.3 Å². The highest BCUT2D eigenvalue weighted by molar-refractivity contribution is 5.99. The summed E-state index contributed by atoms with van der Waals surface area (Å²) in [6, 6.07) is 38.2. The highest BCUT2D eigenvalue weighted by atomic mass is 16.7. The Balaban J connectivity index is 0.993. The van der Waals surface area contributed by atoms with Gasteiger partial charge >= 0.3 is 6.03 Å². The zero-order valence-corrected chi connectivity index (χ0v) is 29.0. The number of benzene rings is 5. The van der Waals surface area contributed by atoms with Gasteiger partial charge in [-0.25, -0.2) is 4.79 Å². The molecule has 3 atom stereocenters. The third-order valence-corrected chi connectivity index (χ3v) is 9.38. The van der Waals surface area contributed by atoms with E-state index in [-0.39, 0.29) is 29.4 Å². The molecule has 0 aliphatic carbocycles. The number of para-hydroxylation sites is 1. The molecule has 2 amide bonds. The fourth-order valence-electron chi connectivity index (χ4n) is 6.58. The first-order chi connectivity index (χ1) is 25.9. The minimum atomic E-state index is -0.681. The minimum Gasteiger partial charge on any atom is -0.457 e. The molecule has 0 radical (unpaired) electrons. The van der Waals surface area contributed by atoms with Crippen LogP contribution in [0.2, 0.25) is 0 Å². The van der Waals surface area contributed by atoms with Crippen molar-refractivity contribution in [2.75, 3.05) is 48.3 Å². The van der Waals surface area contributed by atoms with E-state index in [1.807, 2.05) is 78.9 Å². The first kappa shape index (κ1) is 35.6. The van der Waals surface area contributed by atoms with Crippen LogP contribution in [0.3, 0.4) is 0 Å². The second kappa shape index (κ2) is 16.7. The Morgan fingerprint density at radius 1 is 0.774 bits per heavy atom. The zero-order chi connectivity index (χ0) is 36.6. The lowest BCUT2D eigenvalue weighted by molar-refractivity contribution is -0.384. The van der Waals surface area contributed by atoms with Crippen LogP contribution in [0, 0.1) is 10.1 Å². The summed E-state index contributed by atoms with van der Waals surface area (Å²) in [6.07, 6.45) is -0.426. The molecule has 0 saturated carbocycles. The van der Waals surface area contributed by atoms with E-state index < -0.39 is 12.3 Å². The van der Waals surface area contributed by atoms with Crippen molar-refractivity contribution in [3.8, 4) is 11.5 Å².